The Morgan fingerprint density at radius 1 is 1.20 bits per heavy atom. The Labute approximate surface area is 60.7 Å². The maximum atomic E-state index is 10.1. The Hall–Kier alpha value is 0.145. The summed E-state index contributed by atoms with van der Waals surface area (Å²) >= 11 is -10.9. The number of rotatable bonds is 3. The number of hydrogen-bond acceptors (Lipinski definition) is 6. The Balaban J connectivity index is 4.49. The molecule has 0 fully saturated rings. The quantitative estimate of drug-likeness (QED) is 0.664. The molecule has 0 amide bonds. The van der Waals surface area contributed by atoms with E-state index in [2.05, 4.69) is 6.63 Å². The molecule has 7 nitrogen and oxygen atoms in total. The third-order valence-corrected chi connectivity index (χ3v) is 3.72. The fourth-order valence-corrected chi connectivity index (χ4v) is 2.26. The fraction of sp³-hybridized carbons (Fsp3) is 1.00. The zero-order valence-electron chi connectivity index (χ0n) is 4.71. The second kappa shape index (κ2) is 3.03. The molecule has 0 saturated carbocycles. The molecule has 0 spiro atoms. The first-order valence-corrected chi connectivity index (χ1v) is 5.97. The zero-order chi connectivity index (χ0) is 8.41. The average molecular weight is 232 g/mol. The third kappa shape index (κ3) is 4.97. The van der Waals surface area contributed by atoms with Gasteiger partial charge in [-0.05, 0) is 0 Å². The van der Waals surface area contributed by atoms with Crippen molar-refractivity contribution >= 4 is 0 Å². The van der Waals surface area contributed by atoms with Gasteiger partial charge in [-0.2, -0.15) is 0 Å². The summed E-state index contributed by atoms with van der Waals surface area (Å²) in [6.45, 7) is 0. The molecule has 0 atom stereocenters. The van der Waals surface area contributed by atoms with Crippen LogP contribution in [0.5, 0.6) is 0 Å². The zero-order valence-corrected chi connectivity index (χ0v) is 7.26. The first-order chi connectivity index (χ1) is 4.27. The summed E-state index contributed by atoms with van der Waals surface area (Å²) in [6, 6.07) is 0. The Bertz CT molecular complexity index is 280. The van der Waals surface area contributed by atoms with Crippen LogP contribution in [-0.2, 0) is 49.1 Å². The fourth-order valence-electron chi connectivity index (χ4n) is 0.133. The van der Waals surface area contributed by atoms with E-state index in [9.17, 15) is 15.2 Å². The van der Waals surface area contributed by atoms with Crippen molar-refractivity contribution in [1.82, 2.24) is 0 Å². The summed E-state index contributed by atoms with van der Waals surface area (Å²) in [6.07, 6.45) is 0. The van der Waals surface area contributed by atoms with Crippen LogP contribution in [0.3, 0.4) is 0 Å². The van der Waals surface area contributed by atoms with E-state index in [4.69, 9.17) is 4.16 Å². The first-order valence-electron chi connectivity index (χ1n) is 1.76. The molecule has 0 saturated heterocycles. The molecular formula is CH4Cr2O7. The molecule has 9 heteroatoms. The molecule has 0 heterocycles. The molecule has 1 N–H and O–H groups in total. The summed E-state index contributed by atoms with van der Waals surface area (Å²) in [5.74, 6) is 0. The Morgan fingerprint density at radius 3 is 1.70 bits per heavy atom. The molecule has 0 unspecified atom stereocenters. The summed E-state index contributed by atoms with van der Waals surface area (Å²) in [7, 11) is 0.725. The van der Waals surface area contributed by atoms with Gasteiger partial charge in [-0.15, -0.1) is 0 Å². The van der Waals surface area contributed by atoms with Gasteiger partial charge in [-0.25, -0.2) is 0 Å². The summed E-state index contributed by atoms with van der Waals surface area (Å²) in [4.78, 5) is 0. The normalized spacial score (nSPS) is 13.4. The van der Waals surface area contributed by atoms with E-state index in [1.165, 1.54) is 0 Å². The van der Waals surface area contributed by atoms with Crippen LogP contribution in [-0.4, -0.2) is 11.3 Å². The van der Waals surface area contributed by atoms with E-state index in [0.717, 1.165) is 7.11 Å². The van der Waals surface area contributed by atoms with Crippen molar-refractivity contribution in [3.05, 3.63) is 0 Å². The molecule has 0 rings (SSSR count). The predicted molar refractivity (Wildman–Crippen MR) is 13.1 cm³/mol. The minimum absolute atomic E-state index is 0.725. The van der Waals surface area contributed by atoms with Crippen LogP contribution in [0.1, 0.15) is 0 Å². The van der Waals surface area contributed by atoms with Crippen LogP contribution in [0.15, 0.2) is 0 Å². The van der Waals surface area contributed by atoms with Gasteiger partial charge in [-0.3, -0.25) is 0 Å². The standard InChI is InChI=1S/CH3O.2Cr.H2O.5O/c1-2;;;;;;;;/h1H3;;;1H2;;;;;/q-1;2*+1;;;;;;/p-1. The van der Waals surface area contributed by atoms with Crippen LogP contribution >= 0.6 is 0 Å². The van der Waals surface area contributed by atoms with Gasteiger partial charge in [0.15, 0.2) is 0 Å². The van der Waals surface area contributed by atoms with E-state index in [1.807, 2.05) is 0 Å². The molecule has 0 aliphatic heterocycles. The molecule has 0 aromatic heterocycles. The minimum atomic E-state index is -5.66. The van der Waals surface area contributed by atoms with Gasteiger partial charge < -0.3 is 0 Å². The van der Waals surface area contributed by atoms with Gasteiger partial charge in [-0.1, -0.05) is 0 Å². The van der Waals surface area contributed by atoms with Gasteiger partial charge in [0.1, 0.15) is 0 Å². The molecule has 0 aliphatic carbocycles. The van der Waals surface area contributed by atoms with Crippen LogP contribution in [0, 0.1) is 0 Å². The summed E-state index contributed by atoms with van der Waals surface area (Å²) < 4.78 is 54.5. The predicted octanol–water partition coefficient (Wildman–Crippen LogP) is -1.01. The second-order valence-corrected chi connectivity index (χ2v) is 5.29. The van der Waals surface area contributed by atoms with Crippen LogP contribution in [0.4, 0.5) is 0 Å². The molecule has 62 valence electrons. The van der Waals surface area contributed by atoms with Gasteiger partial charge in [0.2, 0.25) is 0 Å². The van der Waals surface area contributed by atoms with Gasteiger partial charge >= 0.3 is 60.3 Å². The molecule has 10 heavy (non-hydrogen) atoms. The van der Waals surface area contributed by atoms with Crippen LogP contribution in [0.2, 0.25) is 0 Å². The topological polar surface area (TPSA) is 107 Å². The van der Waals surface area contributed by atoms with Crippen LogP contribution in [0.25, 0.3) is 0 Å². The van der Waals surface area contributed by atoms with E-state index in [1.54, 1.807) is 0 Å². The van der Waals surface area contributed by atoms with Crippen molar-refractivity contribution < 1.29 is 53.2 Å². The van der Waals surface area contributed by atoms with Crippen molar-refractivity contribution in [2.45, 2.75) is 0 Å². The second-order valence-electron chi connectivity index (χ2n) is 1.07. The summed E-state index contributed by atoms with van der Waals surface area (Å²) in [5, 5.41) is 0. The van der Waals surface area contributed by atoms with Crippen molar-refractivity contribution in [3.63, 3.8) is 0 Å². The monoisotopic (exact) mass is 232 g/mol. The van der Waals surface area contributed by atoms with Crippen molar-refractivity contribution in [1.29, 1.82) is 0 Å². The van der Waals surface area contributed by atoms with Gasteiger partial charge in [0.05, 0.1) is 0 Å². The third-order valence-electron chi connectivity index (χ3n) is 0.373. The van der Waals surface area contributed by atoms with Gasteiger partial charge in [0.25, 0.3) is 0 Å². The average Bonchev–Trinajstić information content (AvgIpc) is 1.60. The Kier molecular flexibility index (Phi) is 3.08. The van der Waals surface area contributed by atoms with Crippen molar-refractivity contribution in [3.8, 4) is 0 Å². The van der Waals surface area contributed by atoms with Crippen molar-refractivity contribution in [2.75, 3.05) is 7.11 Å². The maximum absolute atomic E-state index is 10.1. The van der Waals surface area contributed by atoms with Gasteiger partial charge in [0, 0.05) is 0 Å². The number of hydrogen-bond donors (Lipinski definition) is 1. The molecule has 0 radical (unpaired) electrons. The van der Waals surface area contributed by atoms with E-state index < -0.39 is 27.2 Å². The van der Waals surface area contributed by atoms with E-state index in [0.29, 0.717) is 0 Å². The first kappa shape index (κ1) is 10.1. The Morgan fingerprint density at radius 2 is 1.60 bits per heavy atom. The molecule has 0 bridgehead atoms. The molecule has 0 aromatic rings. The molecule has 0 aromatic carbocycles. The van der Waals surface area contributed by atoms with E-state index >= 15 is 0 Å². The SMILES string of the molecule is C[O][Cr](=[O])(=[O])[O][Cr](=[O])(=[O])[OH]. The molecular weight excluding hydrogens is 228 g/mol. The van der Waals surface area contributed by atoms with Crippen molar-refractivity contribution in [2.24, 2.45) is 0 Å². The van der Waals surface area contributed by atoms with E-state index in [-0.39, 0.29) is 0 Å². The van der Waals surface area contributed by atoms with Crippen LogP contribution < -0.4 is 0 Å². The summed E-state index contributed by atoms with van der Waals surface area (Å²) in [5.41, 5.74) is 0. The molecule has 0 aliphatic rings.